The zero-order valence-electron chi connectivity index (χ0n) is 23.3. The molecule has 214 valence electrons. The molecule has 0 unspecified atom stereocenters. The monoisotopic (exact) mass is 565 g/mol. The number of hydrogen-bond acceptors (Lipinski definition) is 6. The molecule has 2 rings (SSSR count). The van der Waals surface area contributed by atoms with Crippen molar-refractivity contribution >= 4 is 51.5 Å². The molecule has 0 radical (unpaired) electrons. The van der Waals surface area contributed by atoms with Crippen LogP contribution in [0.2, 0.25) is 0 Å². The summed E-state index contributed by atoms with van der Waals surface area (Å²) in [6, 6.07) is 6.52. The molecule has 0 atom stereocenters. The second-order valence-corrected chi connectivity index (χ2v) is 10.3. The smallest absolute Gasteiger partial charge is 0.397 e. The van der Waals surface area contributed by atoms with Gasteiger partial charge in [-0.05, 0) is 49.6 Å². The van der Waals surface area contributed by atoms with Crippen molar-refractivity contribution in [1.29, 1.82) is 0 Å². The maximum Gasteiger partial charge on any atom is 0.405 e. The summed E-state index contributed by atoms with van der Waals surface area (Å²) in [6.07, 6.45) is 1.78. The summed E-state index contributed by atoms with van der Waals surface area (Å²) < 4.78 is 38.5. The van der Waals surface area contributed by atoms with E-state index < -0.39 is 12.7 Å². The molecule has 0 saturated heterocycles. The molecule has 39 heavy (non-hydrogen) atoms. The molecule has 0 aliphatic carbocycles. The summed E-state index contributed by atoms with van der Waals surface area (Å²) in [7, 11) is 4.99. The number of nitrogen functional groups attached to an aromatic ring is 1. The number of alkyl halides is 3. The summed E-state index contributed by atoms with van der Waals surface area (Å²) in [5, 5.41) is 5.18. The highest BCUT2D eigenvalue weighted by Gasteiger charge is 2.27. The van der Waals surface area contributed by atoms with Gasteiger partial charge in [-0.1, -0.05) is 31.6 Å². The van der Waals surface area contributed by atoms with E-state index in [-0.39, 0.29) is 36.2 Å². The third-order valence-electron chi connectivity index (χ3n) is 6.16. The molecule has 2 amide bonds. The maximum atomic E-state index is 13.2. The first-order valence-corrected chi connectivity index (χ1v) is 13.5. The molecule has 11 heteroatoms. The van der Waals surface area contributed by atoms with E-state index in [4.69, 9.17) is 5.73 Å². The third kappa shape index (κ3) is 9.35. The molecule has 1 aromatic carbocycles. The van der Waals surface area contributed by atoms with E-state index in [1.807, 2.05) is 19.1 Å². The Labute approximate surface area is 232 Å². The number of carbonyl (C=O) groups is 2. The van der Waals surface area contributed by atoms with E-state index in [1.165, 1.54) is 33.9 Å². The minimum absolute atomic E-state index is 0.0518. The zero-order chi connectivity index (χ0) is 29.3. The quantitative estimate of drug-likeness (QED) is 0.199. The number of halogens is 3. The number of nitrogens with one attached hydrogen (secondary N) is 2. The van der Waals surface area contributed by atoms with E-state index in [0.717, 1.165) is 23.3 Å². The lowest BCUT2D eigenvalue weighted by atomic mass is 10.1. The second kappa shape index (κ2) is 14.1. The Hall–Kier alpha value is -3.47. The Morgan fingerprint density at radius 3 is 2.26 bits per heavy atom. The number of anilines is 4. The minimum Gasteiger partial charge on any atom is -0.397 e. The van der Waals surface area contributed by atoms with Gasteiger partial charge in [-0.15, -0.1) is 11.3 Å². The molecule has 7 nitrogen and oxygen atoms in total. The number of benzene rings is 1. The standard InChI is InChI=1S/C28H38F3N5O2S/c1-7-18(8-2)14-19(9-3)24-10-11-25(39-24)27(38)34-22-15-20(32)21(33-17-28(29,30)31)16-23(22)36(6)13-12-26(37)35(4)5/h9-11,14-16,33H,7-8,12-13,17,32H2,1-6H3,(H,34,38)/b19-9+. The number of hydrogen-bond donors (Lipinski definition) is 3. The van der Waals surface area contributed by atoms with Crippen LogP contribution in [0.3, 0.4) is 0 Å². The van der Waals surface area contributed by atoms with Gasteiger partial charge >= 0.3 is 6.18 Å². The summed E-state index contributed by atoms with van der Waals surface area (Å²) in [4.78, 5) is 29.9. The first-order valence-electron chi connectivity index (χ1n) is 12.7. The van der Waals surface area contributed by atoms with Gasteiger partial charge < -0.3 is 26.2 Å². The SMILES string of the molecule is C/C=C(\C=C(CC)CC)c1ccc(C(=O)Nc2cc(N)c(NCC(F)(F)F)cc2N(C)CCC(=O)N(C)C)s1. The number of nitrogens with two attached hydrogens (primary N) is 1. The fourth-order valence-electron chi connectivity index (χ4n) is 3.75. The number of allylic oxidation sites excluding steroid dienone is 4. The van der Waals surface area contributed by atoms with E-state index in [1.54, 1.807) is 32.1 Å². The number of thiophene rings is 1. The Kier molecular flexibility index (Phi) is 11.5. The molecule has 1 aromatic heterocycles. The summed E-state index contributed by atoms with van der Waals surface area (Å²) in [6.45, 7) is 5.18. The van der Waals surface area contributed by atoms with Crippen LogP contribution in [-0.2, 0) is 4.79 Å². The average Bonchev–Trinajstić information content (AvgIpc) is 3.37. The number of nitrogens with zero attached hydrogens (tertiary/aromatic N) is 2. The van der Waals surface area contributed by atoms with Crippen molar-refractivity contribution in [2.75, 3.05) is 55.5 Å². The highest BCUT2D eigenvalue weighted by molar-refractivity contribution is 7.15. The molecule has 1 heterocycles. The molecule has 0 aliphatic rings. The van der Waals surface area contributed by atoms with Gasteiger partial charge in [-0.3, -0.25) is 9.59 Å². The van der Waals surface area contributed by atoms with Crippen LogP contribution >= 0.6 is 11.3 Å². The van der Waals surface area contributed by atoms with Crippen LogP contribution in [-0.4, -0.2) is 57.1 Å². The molecular weight excluding hydrogens is 527 g/mol. The molecule has 0 spiro atoms. The van der Waals surface area contributed by atoms with Crippen molar-refractivity contribution in [2.24, 2.45) is 0 Å². The van der Waals surface area contributed by atoms with Crippen LogP contribution in [0, 0.1) is 0 Å². The van der Waals surface area contributed by atoms with Crippen LogP contribution in [0.1, 0.15) is 54.6 Å². The Morgan fingerprint density at radius 2 is 1.69 bits per heavy atom. The van der Waals surface area contributed by atoms with E-state index in [0.29, 0.717) is 16.3 Å². The van der Waals surface area contributed by atoms with Gasteiger partial charge in [0.2, 0.25) is 5.91 Å². The van der Waals surface area contributed by atoms with Gasteiger partial charge in [0.05, 0.1) is 27.6 Å². The van der Waals surface area contributed by atoms with Crippen molar-refractivity contribution in [3.8, 4) is 0 Å². The Bertz CT molecular complexity index is 1210. The molecular formula is C28H38F3N5O2S. The summed E-state index contributed by atoms with van der Waals surface area (Å²) in [5.41, 5.74) is 9.29. The van der Waals surface area contributed by atoms with Crippen molar-refractivity contribution in [3.63, 3.8) is 0 Å². The normalized spacial score (nSPS) is 11.7. The van der Waals surface area contributed by atoms with Crippen LogP contribution in [0.4, 0.5) is 35.9 Å². The lowest BCUT2D eigenvalue weighted by molar-refractivity contribution is -0.128. The van der Waals surface area contributed by atoms with Crippen molar-refractivity contribution in [2.45, 2.75) is 46.2 Å². The number of amides is 2. The lowest BCUT2D eigenvalue weighted by Gasteiger charge is -2.25. The van der Waals surface area contributed by atoms with E-state index >= 15 is 0 Å². The van der Waals surface area contributed by atoms with Crippen LogP contribution in [0.25, 0.3) is 5.57 Å². The average molecular weight is 566 g/mol. The molecule has 0 bridgehead atoms. The third-order valence-corrected chi connectivity index (χ3v) is 7.29. The first kappa shape index (κ1) is 31.7. The van der Waals surface area contributed by atoms with E-state index in [2.05, 4.69) is 30.6 Å². The highest BCUT2D eigenvalue weighted by Crippen LogP contribution is 2.35. The number of carbonyl (C=O) groups excluding carboxylic acids is 2. The maximum absolute atomic E-state index is 13.2. The number of rotatable bonds is 12. The van der Waals surface area contributed by atoms with Crippen molar-refractivity contribution < 1.29 is 22.8 Å². The first-order chi connectivity index (χ1) is 18.3. The molecule has 4 N–H and O–H groups in total. The molecule has 0 aliphatic heterocycles. The van der Waals surface area contributed by atoms with E-state index in [9.17, 15) is 22.8 Å². The molecule has 0 fully saturated rings. The Morgan fingerprint density at radius 1 is 1.05 bits per heavy atom. The van der Waals surface area contributed by atoms with Gasteiger partial charge in [-0.25, -0.2) is 0 Å². The highest BCUT2D eigenvalue weighted by atomic mass is 32.1. The van der Waals surface area contributed by atoms with Gasteiger partial charge in [0.15, 0.2) is 0 Å². The Balaban J connectivity index is 2.37. The predicted octanol–water partition coefficient (Wildman–Crippen LogP) is 6.62. The fourth-order valence-corrected chi connectivity index (χ4v) is 4.69. The van der Waals surface area contributed by atoms with Gasteiger partial charge in [-0.2, -0.15) is 13.2 Å². The molecule has 0 saturated carbocycles. The van der Waals surface area contributed by atoms with Crippen molar-refractivity contribution in [1.82, 2.24) is 4.90 Å². The zero-order valence-corrected chi connectivity index (χ0v) is 24.1. The minimum atomic E-state index is -4.43. The van der Waals surface area contributed by atoms with Crippen LogP contribution in [0.15, 0.2) is 42.0 Å². The van der Waals surface area contributed by atoms with Gasteiger partial charge in [0.25, 0.3) is 5.91 Å². The molecule has 2 aromatic rings. The van der Waals surface area contributed by atoms with Crippen LogP contribution < -0.4 is 21.3 Å². The topological polar surface area (TPSA) is 90.7 Å². The summed E-state index contributed by atoms with van der Waals surface area (Å²) >= 11 is 1.35. The largest absolute Gasteiger partial charge is 0.405 e. The van der Waals surface area contributed by atoms with Crippen molar-refractivity contribution in [3.05, 3.63) is 51.7 Å². The van der Waals surface area contributed by atoms with Gasteiger partial charge in [0, 0.05) is 39.0 Å². The predicted molar refractivity (Wildman–Crippen MR) is 157 cm³/mol. The van der Waals surface area contributed by atoms with Gasteiger partial charge in [0.1, 0.15) is 6.54 Å². The second-order valence-electron chi connectivity index (χ2n) is 9.26. The fraction of sp³-hybridized carbons (Fsp3) is 0.429. The summed E-state index contributed by atoms with van der Waals surface area (Å²) in [5.74, 6) is -0.473. The van der Waals surface area contributed by atoms with Crippen LogP contribution in [0.5, 0.6) is 0 Å². The lowest BCUT2D eigenvalue weighted by Crippen LogP contribution is -2.29.